The van der Waals surface area contributed by atoms with Gasteiger partial charge in [0.05, 0.1) is 23.3 Å². The molecule has 0 fully saturated rings. The second kappa shape index (κ2) is 10.5. The number of methoxy groups -OCH3 is 1. The predicted octanol–water partition coefficient (Wildman–Crippen LogP) is 7.27. The Balaban J connectivity index is 1.81. The van der Waals surface area contributed by atoms with Crippen molar-refractivity contribution >= 4 is 33.9 Å². The monoisotopic (exact) mass is 489 g/mol. The van der Waals surface area contributed by atoms with Gasteiger partial charge in [0.15, 0.2) is 11.5 Å². The first-order valence-electron chi connectivity index (χ1n) is 11.7. The molecule has 182 valence electrons. The van der Waals surface area contributed by atoms with Gasteiger partial charge in [-0.05, 0) is 85.1 Å². The van der Waals surface area contributed by atoms with Crippen LogP contribution in [0.15, 0.2) is 60.8 Å². The van der Waals surface area contributed by atoms with Crippen LogP contribution in [0.4, 0.5) is 11.4 Å². The Morgan fingerprint density at radius 3 is 2.43 bits per heavy atom. The van der Waals surface area contributed by atoms with E-state index < -0.39 is 0 Å². The summed E-state index contributed by atoms with van der Waals surface area (Å²) in [6.07, 6.45) is 2.89. The van der Waals surface area contributed by atoms with E-state index in [4.69, 9.17) is 21.3 Å². The van der Waals surface area contributed by atoms with E-state index in [2.05, 4.69) is 68.5 Å². The minimum atomic E-state index is -0.0559. The minimum absolute atomic E-state index is 0.0559. The highest BCUT2D eigenvalue weighted by atomic mass is 35.5. The number of hydrogen-bond donors (Lipinski definition) is 2. The average Bonchev–Trinajstić information content (AvgIpc) is 2.82. The lowest BCUT2D eigenvalue weighted by atomic mass is 9.97. The van der Waals surface area contributed by atoms with Crippen LogP contribution in [0, 0.1) is 5.92 Å². The molecule has 0 unspecified atom stereocenters. The SMILES string of the molecule is COc1cc(-c2ccc3ncc(CC(C)C)c(Nc4ccc(CN(C)C)cc4)c3c2)cc(Cl)c1O. The third-order valence-corrected chi connectivity index (χ3v) is 6.17. The van der Waals surface area contributed by atoms with Gasteiger partial charge in [-0.1, -0.05) is 43.6 Å². The third-order valence-electron chi connectivity index (χ3n) is 5.88. The van der Waals surface area contributed by atoms with Gasteiger partial charge in [0.1, 0.15) is 0 Å². The fourth-order valence-electron chi connectivity index (χ4n) is 4.25. The fourth-order valence-corrected chi connectivity index (χ4v) is 4.47. The predicted molar refractivity (Wildman–Crippen MR) is 146 cm³/mol. The van der Waals surface area contributed by atoms with Gasteiger partial charge in [-0.15, -0.1) is 0 Å². The second-order valence-electron chi connectivity index (χ2n) is 9.56. The molecule has 5 nitrogen and oxygen atoms in total. The van der Waals surface area contributed by atoms with Crippen LogP contribution in [-0.4, -0.2) is 36.2 Å². The number of ether oxygens (including phenoxy) is 1. The average molecular weight is 490 g/mol. The second-order valence-corrected chi connectivity index (χ2v) is 9.96. The van der Waals surface area contributed by atoms with E-state index in [1.807, 2.05) is 18.3 Å². The van der Waals surface area contributed by atoms with Crippen LogP contribution in [-0.2, 0) is 13.0 Å². The normalized spacial score (nSPS) is 11.4. The Hall–Kier alpha value is -3.28. The number of aromatic hydroxyl groups is 1. The lowest BCUT2D eigenvalue weighted by Crippen LogP contribution is -2.10. The molecule has 0 atom stereocenters. The Morgan fingerprint density at radius 2 is 1.77 bits per heavy atom. The first-order valence-corrected chi connectivity index (χ1v) is 12.1. The van der Waals surface area contributed by atoms with Crippen molar-refractivity contribution in [3.05, 3.63) is 76.9 Å². The lowest BCUT2D eigenvalue weighted by Gasteiger charge is -2.18. The molecular formula is C29H32ClN3O2. The van der Waals surface area contributed by atoms with Gasteiger partial charge < -0.3 is 20.1 Å². The molecule has 35 heavy (non-hydrogen) atoms. The third kappa shape index (κ3) is 5.69. The highest BCUT2D eigenvalue weighted by Gasteiger charge is 2.15. The summed E-state index contributed by atoms with van der Waals surface area (Å²) in [4.78, 5) is 6.91. The highest BCUT2D eigenvalue weighted by Crippen LogP contribution is 2.40. The number of anilines is 2. The number of pyridine rings is 1. The van der Waals surface area contributed by atoms with Crippen molar-refractivity contribution in [2.45, 2.75) is 26.8 Å². The number of nitrogens with one attached hydrogen (secondary N) is 1. The Labute approximate surface area is 212 Å². The first-order chi connectivity index (χ1) is 16.7. The summed E-state index contributed by atoms with van der Waals surface area (Å²) in [5.41, 5.74) is 7.26. The molecule has 0 aliphatic heterocycles. The maximum Gasteiger partial charge on any atom is 0.176 e. The molecule has 4 aromatic rings. The molecule has 0 saturated heterocycles. The van der Waals surface area contributed by atoms with E-state index in [-0.39, 0.29) is 10.8 Å². The van der Waals surface area contributed by atoms with Gasteiger partial charge in [0, 0.05) is 23.8 Å². The topological polar surface area (TPSA) is 57.6 Å². The molecule has 2 N–H and O–H groups in total. The fraction of sp³-hybridized carbons (Fsp3) is 0.276. The molecule has 0 saturated carbocycles. The van der Waals surface area contributed by atoms with Crippen LogP contribution in [0.2, 0.25) is 5.02 Å². The number of nitrogens with zero attached hydrogens (tertiary/aromatic N) is 2. The zero-order valence-corrected chi connectivity index (χ0v) is 21.6. The standard InChI is InChI=1S/C29H32ClN3O2/c1-18(2)12-22-16-31-26-11-8-20(21-14-25(30)29(34)27(15-21)35-5)13-24(26)28(22)32-23-9-6-19(7-10-23)17-33(3)4/h6-11,13-16,18,34H,12,17H2,1-5H3,(H,31,32). The van der Waals surface area contributed by atoms with E-state index in [0.717, 1.165) is 46.4 Å². The number of phenolic OH excluding ortho intramolecular Hbond substituents is 1. The molecule has 1 aromatic heterocycles. The number of halogens is 1. The minimum Gasteiger partial charge on any atom is -0.503 e. The van der Waals surface area contributed by atoms with Gasteiger partial charge in [-0.3, -0.25) is 4.98 Å². The maximum atomic E-state index is 10.2. The molecular weight excluding hydrogens is 458 g/mol. The summed E-state index contributed by atoms with van der Waals surface area (Å²) in [6.45, 7) is 5.33. The van der Waals surface area contributed by atoms with E-state index >= 15 is 0 Å². The van der Waals surface area contributed by atoms with Crippen LogP contribution in [0.1, 0.15) is 25.0 Å². The van der Waals surface area contributed by atoms with E-state index in [9.17, 15) is 5.11 Å². The number of benzene rings is 3. The molecule has 3 aromatic carbocycles. The van der Waals surface area contributed by atoms with Crippen molar-refractivity contribution in [2.75, 3.05) is 26.5 Å². The molecule has 0 aliphatic rings. The number of rotatable bonds is 8. The summed E-state index contributed by atoms with van der Waals surface area (Å²) in [5, 5.41) is 15.1. The van der Waals surface area contributed by atoms with Crippen LogP contribution < -0.4 is 10.1 Å². The van der Waals surface area contributed by atoms with Crippen molar-refractivity contribution in [1.82, 2.24) is 9.88 Å². The quantitative estimate of drug-likeness (QED) is 0.272. The molecule has 0 bridgehead atoms. The molecule has 0 aliphatic carbocycles. The van der Waals surface area contributed by atoms with Crippen molar-refractivity contribution < 1.29 is 9.84 Å². The summed E-state index contributed by atoms with van der Waals surface area (Å²) < 4.78 is 5.31. The summed E-state index contributed by atoms with van der Waals surface area (Å²) in [5.74, 6) is 0.774. The smallest absolute Gasteiger partial charge is 0.176 e. The number of phenols is 1. The summed E-state index contributed by atoms with van der Waals surface area (Å²) in [7, 11) is 5.66. The summed E-state index contributed by atoms with van der Waals surface area (Å²) >= 11 is 6.27. The van der Waals surface area contributed by atoms with E-state index in [0.29, 0.717) is 11.7 Å². The van der Waals surface area contributed by atoms with Crippen molar-refractivity contribution in [3.8, 4) is 22.6 Å². The number of aromatic nitrogens is 1. The van der Waals surface area contributed by atoms with Gasteiger partial charge >= 0.3 is 0 Å². The van der Waals surface area contributed by atoms with Crippen molar-refractivity contribution in [1.29, 1.82) is 0 Å². The number of hydrogen-bond acceptors (Lipinski definition) is 5. The van der Waals surface area contributed by atoms with Crippen molar-refractivity contribution in [2.24, 2.45) is 5.92 Å². The van der Waals surface area contributed by atoms with Gasteiger partial charge in [0.25, 0.3) is 0 Å². The molecule has 1 heterocycles. The van der Waals surface area contributed by atoms with Crippen molar-refractivity contribution in [3.63, 3.8) is 0 Å². The Bertz CT molecular complexity index is 1330. The first kappa shape index (κ1) is 24.8. The van der Waals surface area contributed by atoms with Gasteiger partial charge in [-0.25, -0.2) is 0 Å². The zero-order chi connectivity index (χ0) is 25.1. The Kier molecular flexibility index (Phi) is 7.48. The van der Waals surface area contributed by atoms with Crippen LogP contribution >= 0.6 is 11.6 Å². The molecule has 4 rings (SSSR count). The van der Waals surface area contributed by atoms with Crippen LogP contribution in [0.25, 0.3) is 22.0 Å². The van der Waals surface area contributed by atoms with Crippen LogP contribution in [0.5, 0.6) is 11.5 Å². The maximum absolute atomic E-state index is 10.2. The molecule has 0 amide bonds. The van der Waals surface area contributed by atoms with Gasteiger partial charge in [0.2, 0.25) is 0 Å². The van der Waals surface area contributed by atoms with E-state index in [1.54, 1.807) is 12.1 Å². The molecule has 0 spiro atoms. The Morgan fingerprint density at radius 1 is 1.03 bits per heavy atom. The lowest BCUT2D eigenvalue weighted by molar-refractivity contribution is 0.374. The van der Waals surface area contributed by atoms with Crippen LogP contribution in [0.3, 0.4) is 0 Å². The highest BCUT2D eigenvalue weighted by molar-refractivity contribution is 6.32. The largest absolute Gasteiger partial charge is 0.503 e. The van der Waals surface area contributed by atoms with Gasteiger partial charge in [-0.2, -0.15) is 0 Å². The number of fused-ring (bicyclic) bond motifs is 1. The molecule has 0 radical (unpaired) electrons. The zero-order valence-electron chi connectivity index (χ0n) is 20.9. The van der Waals surface area contributed by atoms with E-state index in [1.165, 1.54) is 18.2 Å². The summed E-state index contributed by atoms with van der Waals surface area (Å²) in [6, 6.07) is 18.3. The molecule has 6 heteroatoms.